The van der Waals surface area contributed by atoms with Crippen molar-refractivity contribution in [1.82, 2.24) is 5.32 Å². The Morgan fingerprint density at radius 1 is 1.18 bits per heavy atom. The molecule has 2 fully saturated rings. The molecule has 0 saturated heterocycles. The molecule has 2 nitrogen and oxygen atoms in total. The molecule has 2 saturated carbocycles. The highest BCUT2D eigenvalue weighted by Crippen LogP contribution is 2.43. The zero-order valence-electron chi connectivity index (χ0n) is 10.3. The minimum atomic E-state index is 0.368. The van der Waals surface area contributed by atoms with Crippen LogP contribution in [0.1, 0.15) is 37.7 Å². The Kier molecular flexibility index (Phi) is 2.83. The van der Waals surface area contributed by atoms with Crippen LogP contribution in [-0.2, 0) is 6.42 Å². The van der Waals surface area contributed by atoms with Crippen molar-refractivity contribution in [3.05, 3.63) is 29.8 Å². The molecule has 0 spiro atoms. The van der Waals surface area contributed by atoms with E-state index in [1.807, 2.05) is 0 Å². The Hall–Kier alpha value is -1.02. The average Bonchev–Trinajstić information content (AvgIpc) is 3.08. The van der Waals surface area contributed by atoms with Gasteiger partial charge in [0.1, 0.15) is 5.75 Å². The number of nitrogens with one attached hydrogen (secondary N) is 1. The smallest absolute Gasteiger partial charge is 0.115 e. The van der Waals surface area contributed by atoms with Crippen LogP contribution in [0.2, 0.25) is 0 Å². The number of rotatable bonds is 5. The molecular weight excluding hydrogens is 210 g/mol. The van der Waals surface area contributed by atoms with Gasteiger partial charge in [0, 0.05) is 12.6 Å². The van der Waals surface area contributed by atoms with Gasteiger partial charge in [-0.15, -0.1) is 0 Å². The quantitative estimate of drug-likeness (QED) is 0.816. The van der Waals surface area contributed by atoms with Crippen molar-refractivity contribution >= 4 is 0 Å². The molecule has 2 N–H and O–H groups in total. The van der Waals surface area contributed by atoms with E-state index >= 15 is 0 Å². The summed E-state index contributed by atoms with van der Waals surface area (Å²) in [5.74, 6) is 0.368. The first-order valence-electron chi connectivity index (χ1n) is 6.77. The fourth-order valence-corrected chi connectivity index (χ4v) is 2.79. The molecule has 0 atom stereocenters. The predicted molar refractivity (Wildman–Crippen MR) is 69.1 cm³/mol. The van der Waals surface area contributed by atoms with E-state index < -0.39 is 0 Å². The summed E-state index contributed by atoms with van der Waals surface area (Å²) < 4.78 is 0. The van der Waals surface area contributed by atoms with E-state index in [1.165, 1.54) is 44.2 Å². The third kappa shape index (κ3) is 2.63. The second-order valence-electron chi connectivity index (χ2n) is 5.85. The maximum absolute atomic E-state index is 9.30. The zero-order chi connectivity index (χ0) is 11.7. The Bertz CT molecular complexity index is 376. The van der Waals surface area contributed by atoms with Gasteiger partial charge in [0.25, 0.3) is 0 Å². The van der Waals surface area contributed by atoms with Gasteiger partial charge in [-0.1, -0.05) is 18.6 Å². The monoisotopic (exact) mass is 231 g/mol. The van der Waals surface area contributed by atoms with Gasteiger partial charge in [0.15, 0.2) is 0 Å². The molecule has 2 aliphatic carbocycles. The van der Waals surface area contributed by atoms with Crippen LogP contribution in [0, 0.1) is 5.41 Å². The minimum absolute atomic E-state index is 0.368. The van der Waals surface area contributed by atoms with Crippen molar-refractivity contribution in [3.8, 4) is 5.75 Å². The zero-order valence-corrected chi connectivity index (χ0v) is 10.3. The van der Waals surface area contributed by atoms with E-state index in [2.05, 4.69) is 17.4 Å². The molecule has 2 heteroatoms. The Labute approximate surface area is 103 Å². The van der Waals surface area contributed by atoms with Gasteiger partial charge in [0.2, 0.25) is 0 Å². The van der Waals surface area contributed by atoms with Gasteiger partial charge < -0.3 is 10.4 Å². The summed E-state index contributed by atoms with van der Waals surface area (Å²) in [6, 6.07) is 8.54. The van der Waals surface area contributed by atoms with Crippen LogP contribution in [0.5, 0.6) is 5.75 Å². The first-order chi connectivity index (χ1) is 8.26. The van der Waals surface area contributed by atoms with Crippen molar-refractivity contribution < 1.29 is 5.11 Å². The SMILES string of the molecule is Oc1ccc(CC2(CNC3CC3)CCC2)cc1. The molecule has 0 aromatic heterocycles. The number of aromatic hydroxyl groups is 1. The molecular formula is C15H21NO. The van der Waals surface area contributed by atoms with E-state index in [0.29, 0.717) is 11.2 Å². The lowest BCUT2D eigenvalue weighted by Gasteiger charge is -2.42. The summed E-state index contributed by atoms with van der Waals surface area (Å²) in [4.78, 5) is 0. The molecule has 0 unspecified atom stereocenters. The maximum atomic E-state index is 9.30. The topological polar surface area (TPSA) is 32.3 Å². The highest BCUT2D eigenvalue weighted by molar-refractivity contribution is 5.27. The summed E-state index contributed by atoms with van der Waals surface area (Å²) in [7, 11) is 0. The first-order valence-corrected chi connectivity index (χ1v) is 6.77. The van der Waals surface area contributed by atoms with Crippen LogP contribution in [0.4, 0.5) is 0 Å². The maximum Gasteiger partial charge on any atom is 0.115 e. The van der Waals surface area contributed by atoms with Crippen molar-refractivity contribution in [2.45, 2.75) is 44.6 Å². The van der Waals surface area contributed by atoms with E-state index in [1.54, 1.807) is 12.1 Å². The molecule has 17 heavy (non-hydrogen) atoms. The summed E-state index contributed by atoms with van der Waals surface area (Å²) in [6.45, 7) is 1.18. The van der Waals surface area contributed by atoms with E-state index in [0.717, 1.165) is 12.5 Å². The summed E-state index contributed by atoms with van der Waals surface area (Å²) in [6.07, 6.45) is 7.99. The van der Waals surface area contributed by atoms with Crippen LogP contribution >= 0.6 is 0 Å². The van der Waals surface area contributed by atoms with Crippen molar-refractivity contribution in [1.29, 1.82) is 0 Å². The normalized spacial score (nSPS) is 22.1. The van der Waals surface area contributed by atoms with E-state index in [-0.39, 0.29) is 0 Å². The van der Waals surface area contributed by atoms with E-state index in [9.17, 15) is 5.11 Å². The lowest BCUT2D eigenvalue weighted by Crippen LogP contribution is -2.42. The van der Waals surface area contributed by atoms with Crippen LogP contribution in [0.3, 0.4) is 0 Å². The number of hydrogen-bond acceptors (Lipinski definition) is 2. The molecule has 0 heterocycles. The number of phenolic OH excluding ortho intramolecular Hbond substituents is 1. The molecule has 0 radical (unpaired) electrons. The molecule has 0 amide bonds. The Morgan fingerprint density at radius 3 is 2.41 bits per heavy atom. The molecule has 92 valence electrons. The van der Waals surface area contributed by atoms with Crippen molar-refractivity contribution in [3.63, 3.8) is 0 Å². The summed E-state index contributed by atoms with van der Waals surface area (Å²) in [5, 5.41) is 13.0. The first kappa shape index (κ1) is 11.1. The van der Waals surface area contributed by atoms with Crippen molar-refractivity contribution in [2.75, 3.05) is 6.54 Å². The molecule has 2 aliphatic rings. The second-order valence-corrected chi connectivity index (χ2v) is 5.85. The average molecular weight is 231 g/mol. The van der Waals surface area contributed by atoms with Gasteiger partial charge in [-0.25, -0.2) is 0 Å². The molecule has 0 aliphatic heterocycles. The highest BCUT2D eigenvalue weighted by atomic mass is 16.3. The minimum Gasteiger partial charge on any atom is -0.508 e. The lowest BCUT2D eigenvalue weighted by molar-refractivity contribution is 0.129. The molecule has 1 aromatic carbocycles. The Balaban J connectivity index is 1.61. The molecule has 0 bridgehead atoms. The highest BCUT2D eigenvalue weighted by Gasteiger charge is 2.38. The predicted octanol–water partition coefficient (Wildman–Crippen LogP) is 2.86. The van der Waals surface area contributed by atoms with Crippen LogP contribution in [0.25, 0.3) is 0 Å². The fraction of sp³-hybridized carbons (Fsp3) is 0.600. The van der Waals surface area contributed by atoms with Crippen LogP contribution < -0.4 is 5.32 Å². The summed E-state index contributed by atoms with van der Waals surface area (Å²) in [5.41, 5.74) is 1.86. The van der Waals surface area contributed by atoms with Crippen molar-refractivity contribution in [2.24, 2.45) is 5.41 Å². The number of benzene rings is 1. The lowest BCUT2D eigenvalue weighted by atomic mass is 9.65. The number of phenols is 1. The van der Waals surface area contributed by atoms with Gasteiger partial charge in [0.05, 0.1) is 0 Å². The van der Waals surface area contributed by atoms with Crippen LogP contribution in [0.15, 0.2) is 24.3 Å². The Morgan fingerprint density at radius 2 is 1.88 bits per heavy atom. The number of hydrogen-bond donors (Lipinski definition) is 2. The fourth-order valence-electron chi connectivity index (χ4n) is 2.79. The third-order valence-corrected chi connectivity index (χ3v) is 4.27. The van der Waals surface area contributed by atoms with Gasteiger partial charge >= 0.3 is 0 Å². The largest absolute Gasteiger partial charge is 0.508 e. The third-order valence-electron chi connectivity index (χ3n) is 4.27. The van der Waals surface area contributed by atoms with Gasteiger partial charge in [-0.05, 0) is 55.2 Å². The van der Waals surface area contributed by atoms with Crippen LogP contribution in [-0.4, -0.2) is 17.7 Å². The second kappa shape index (κ2) is 4.34. The van der Waals surface area contributed by atoms with Gasteiger partial charge in [-0.2, -0.15) is 0 Å². The molecule has 1 aromatic rings. The van der Waals surface area contributed by atoms with Gasteiger partial charge in [-0.3, -0.25) is 0 Å². The standard InChI is InChI=1S/C15H21NO/c17-14-6-2-12(3-7-14)10-15(8-1-9-15)11-16-13-4-5-13/h2-3,6-7,13,16-17H,1,4-5,8-11H2. The molecule has 3 rings (SSSR count). The summed E-state index contributed by atoms with van der Waals surface area (Å²) >= 11 is 0. The van der Waals surface area contributed by atoms with E-state index in [4.69, 9.17) is 0 Å².